The smallest absolute Gasteiger partial charge is 0.656 e. The molecule has 0 spiro atoms. The quantitative estimate of drug-likeness (QED) is 0.112. The summed E-state index contributed by atoms with van der Waals surface area (Å²) in [6.07, 6.45) is 0. The van der Waals surface area contributed by atoms with Crippen LogP contribution in [0.2, 0.25) is 0 Å². The first kappa shape index (κ1) is 70.0. The summed E-state index contributed by atoms with van der Waals surface area (Å²) in [5.74, 6) is 0. The van der Waals surface area contributed by atoms with Gasteiger partial charge in [0, 0.05) is 22.3 Å². The van der Waals surface area contributed by atoms with Gasteiger partial charge in [0.1, 0.15) is 0 Å². The third kappa shape index (κ3) is 11.6. The second kappa shape index (κ2) is 28.0. The molecular weight excluding hydrogens is 1560 g/mol. The number of nitrogens with zero attached hydrogens (tertiary/aromatic N) is 4. The maximum absolute atomic E-state index is 6.54. The van der Waals surface area contributed by atoms with Crippen LogP contribution in [-0.4, -0.2) is 9.97 Å². The van der Waals surface area contributed by atoms with Crippen molar-refractivity contribution < 1.29 is 20.4 Å². The van der Waals surface area contributed by atoms with E-state index in [4.69, 9.17) is 19.9 Å². The van der Waals surface area contributed by atoms with Gasteiger partial charge in [0.15, 0.2) is 0 Å². The summed E-state index contributed by atoms with van der Waals surface area (Å²) in [6.45, 7) is 0. The Morgan fingerprint density at radius 3 is 0.488 bits per heavy atom. The molecule has 4 nitrogen and oxygen atoms in total. The minimum Gasteiger partial charge on any atom is -0.656 e. The van der Waals surface area contributed by atoms with E-state index in [0.29, 0.717) is 0 Å². The number of aromatic nitrogens is 4. The van der Waals surface area contributed by atoms with Crippen molar-refractivity contribution in [3.05, 3.63) is 413 Å². The Morgan fingerprint density at radius 1 is 0.140 bits per heavy atom. The van der Waals surface area contributed by atoms with Gasteiger partial charge in [0.25, 0.3) is 0 Å². The summed E-state index contributed by atoms with van der Waals surface area (Å²) in [5, 5.41) is 22.1. The Bertz CT molecular complexity index is 7460. The zero-order valence-electron chi connectivity index (χ0n) is 65.4. The Kier molecular flexibility index (Phi) is 16.2. The first-order valence-electron chi connectivity index (χ1n) is 41.3. The average molecular weight is 1620 g/mol. The van der Waals surface area contributed by atoms with E-state index < -0.39 is 0 Å². The molecule has 562 valence electrons. The van der Waals surface area contributed by atoms with Crippen molar-refractivity contribution in [2.45, 2.75) is 0 Å². The molecule has 0 atom stereocenters. The van der Waals surface area contributed by atoms with Gasteiger partial charge in [-0.25, -0.2) is 9.97 Å². The number of hydrogen-bond donors (Lipinski definition) is 0. The number of benzene rings is 20. The van der Waals surface area contributed by atoms with Crippen molar-refractivity contribution in [3.8, 4) is 134 Å². The van der Waals surface area contributed by atoms with Crippen LogP contribution in [-0.2, 0) is 20.4 Å². The predicted octanol–water partition coefficient (Wildman–Crippen LogP) is 31.1. The molecule has 1 aliphatic carbocycles. The maximum Gasteiger partial charge on any atom is 2.00 e. The monoisotopic (exact) mass is 1620 g/mol. The summed E-state index contributed by atoms with van der Waals surface area (Å²) in [4.78, 5) is 26.1. The second-order valence-electron chi connectivity index (χ2n) is 32.3. The predicted molar refractivity (Wildman–Crippen MR) is 506 cm³/mol. The van der Waals surface area contributed by atoms with Crippen LogP contribution in [0.5, 0.6) is 0 Å². The first-order chi connectivity index (χ1) is 59.4. The zero-order chi connectivity index (χ0) is 78.6. The SMILES string of the molecule is [Pd+2].c1ccc(-c2ccc(-c3c4nc(c(-c5ccc(-c6ccccc6)cc5)c5[n-]c(c(-c6ccc(-c7ccccc7)cc6)c6nc(c(-c7ccc(-c8ccccc8)cc7)c7[n-]c3c3cc8cc9ccccc9cc8cc73)-c3cc7cc8ccccc8cc7cc3-6)c3cc6cc7ccccc7cc6cc53)-c3cc5cc6ccccc6cc5cc3-4)cc2)cc1. The summed E-state index contributed by atoms with van der Waals surface area (Å²) < 4.78 is 0. The van der Waals surface area contributed by atoms with Gasteiger partial charge >= 0.3 is 20.4 Å². The maximum atomic E-state index is 6.54. The third-order valence-electron chi connectivity index (χ3n) is 25.3. The minimum atomic E-state index is 0. The molecule has 22 aromatic rings. The Morgan fingerprint density at radius 2 is 0.298 bits per heavy atom. The van der Waals surface area contributed by atoms with E-state index in [-0.39, 0.29) is 20.4 Å². The molecule has 0 saturated heterocycles. The van der Waals surface area contributed by atoms with E-state index in [1.54, 1.807) is 0 Å². The number of rotatable bonds is 8. The van der Waals surface area contributed by atoms with Gasteiger partial charge in [-0.1, -0.05) is 315 Å². The van der Waals surface area contributed by atoms with Crippen LogP contribution in [0.4, 0.5) is 0 Å². The van der Waals surface area contributed by atoms with Gasteiger partial charge in [-0.2, -0.15) is 0 Å². The molecule has 121 heavy (non-hydrogen) atoms. The van der Waals surface area contributed by atoms with Crippen LogP contribution < -0.4 is 9.97 Å². The van der Waals surface area contributed by atoms with Crippen LogP contribution in [0.25, 0.3) is 264 Å². The summed E-state index contributed by atoms with van der Waals surface area (Å²) in [7, 11) is 0. The Balaban J connectivity index is 0.00000829. The van der Waals surface area contributed by atoms with Crippen LogP contribution in [0.1, 0.15) is 0 Å². The van der Waals surface area contributed by atoms with E-state index in [1.165, 1.54) is 0 Å². The number of fused-ring (bicyclic) bond motifs is 8. The summed E-state index contributed by atoms with van der Waals surface area (Å²) in [6, 6.07) is 153. The molecule has 5 heteroatoms. The van der Waals surface area contributed by atoms with Crippen molar-refractivity contribution in [2.24, 2.45) is 0 Å². The van der Waals surface area contributed by atoms with E-state index >= 15 is 0 Å². The molecule has 0 saturated carbocycles. The van der Waals surface area contributed by atoms with Crippen LogP contribution in [0.15, 0.2) is 413 Å². The molecule has 4 heterocycles. The molecular formula is C116H68N4Pd. The van der Waals surface area contributed by atoms with Gasteiger partial charge in [0.2, 0.25) is 0 Å². The molecule has 0 unspecified atom stereocenters. The molecule has 3 aliphatic rings. The molecule has 0 fully saturated rings. The van der Waals surface area contributed by atoms with E-state index in [0.717, 1.165) is 264 Å². The zero-order valence-corrected chi connectivity index (χ0v) is 66.9. The largest absolute Gasteiger partial charge is 2.00 e. The molecule has 0 amide bonds. The van der Waals surface area contributed by atoms with Crippen LogP contribution in [0.3, 0.4) is 0 Å². The van der Waals surface area contributed by atoms with Gasteiger partial charge < -0.3 is 9.97 Å². The van der Waals surface area contributed by atoms with E-state index in [2.05, 4.69) is 413 Å². The topological polar surface area (TPSA) is 54.0 Å². The van der Waals surface area contributed by atoms with Gasteiger partial charge in [-0.3, -0.25) is 0 Å². The molecule has 2 aromatic heterocycles. The van der Waals surface area contributed by atoms with Crippen molar-refractivity contribution >= 4 is 130 Å². The van der Waals surface area contributed by atoms with Crippen molar-refractivity contribution in [1.29, 1.82) is 0 Å². The Hall–Kier alpha value is -15.2. The fourth-order valence-corrected chi connectivity index (χ4v) is 19.4. The summed E-state index contributed by atoms with van der Waals surface area (Å²) in [5.41, 5.74) is 26.9. The number of hydrogen-bond acceptors (Lipinski definition) is 2. The second-order valence-corrected chi connectivity index (χ2v) is 32.3. The normalized spacial score (nSPS) is 11.9. The van der Waals surface area contributed by atoms with Crippen molar-refractivity contribution in [3.63, 3.8) is 0 Å². The van der Waals surface area contributed by atoms with Gasteiger partial charge in [-0.15, -0.1) is 22.1 Å². The van der Waals surface area contributed by atoms with Crippen molar-refractivity contribution in [2.75, 3.05) is 0 Å². The Labute approximate surface area is 711 Å². The molecule has 0 N–H and O–H groups in total. The minimum absolute atomic E-state index is 0. The first-order valence-corrected chi connectivity index (χ1v) is 41.3. The molecule has 0 radical (unpaired) electrons. The molecule has 20 aromatic carbocycles. The molecule has 8 bridgehead atoms. The fourth-order valence-electron chi connectivity index (χ4n) is 19.4. The van der Waals surface area contributed by atoms with Crippen LogP contribution >= 0.6 is 0 Å². The third-order valence-corrected chi connectivity index (χ3v) is 25.3. The molecule has 2 aliphatic heterocycles. The van der Waals surface area contributed by atoms with Gasteiger partial charge in [-0.05, 0) is 294 Å². The van der Waals surface area contributed by atoms with Crippen molar-refractivity contribution in [1.82, 2.24) is 19.9 Å². The van der Waals surface area contributed by atoms with E-state index in [9.17, 15) is 0 Å². The fraction of sp³-hybridized carbons (Fsp3) is 0. The summed E-state index contributed by atoms with van der Waals surface area (Å²) >= 11 is 0. The average Bonchev–Trinajstić information content (AvgIpc) is 1.55. The molecule has 25 rings (SSSR count). The van der Waals surface area contributed by atoms with Crippen LogP contribution in [0, 0.1) is 0 Å². The standard InChI is InChI=1S/C116H68N4.Pd/c1-5-21-69(22-6-1)73-37-45-77(46-38-73)105-109-97-61-89-53-81-29-13-15-31-83(81)55-91(89)63-99(97)111(117-109)106(78-47-39-74(40-48-78)70-23-7-2-8-24-70)113-101-65-93-57-85-33-17-19-35-87(85)59-95(93)67-103(101)115(119-113)108(80-51-43-76(44-52-80)72-27-11-4-12-28-72)116-104-68-96-60-88-36-20-18-34-86(88)58-94(96)66-102(104)114(120-116)107(79-49-41-75(42-50-79)71-25-9-3-10-26-71)112-100-64-92-56-84-32-16-14-30-82(84)54-90(92)62-98(100)110(105)118-112;/h1-68H;/q-2;+2. The van der Waals surface area contributed by atoms with E-state index in [1.807, 2.05) is 0 Å². The van der Waals surface area contributed by atoms with Gasteiger partial charge in [0.05, 0.1) is 22.8 Å².